The summed E-state index contributed by atoms with van der Waals surface area (Å²) in [5, 5.41) is 8.89. The minimum absolute atomic E-state index is 0. The number of carbonyl (C=O) groups excluding carboxylic acids is 1. The van der Waals surface area contributed by atoms with E-state index < -0.39 is 5.97 Å². The monoisotopic (exact) mass is 191 g/mol. The zero-order valence-electron chi connectivity index (χ0n) is 3.52. The van der Waals surface area contributed by atoms with E-state index in [0.29, 0.717) is 0 Å². The van der Waals surface area contributed by atoms with E-state index in [2.05, 4.69) is 0 Å². The van der Waals surface area contributed by atoms with Crippen LogP contribution in [0.4, 0.5) is 0 Å². The van der Waals surface area contributed by atoms with Gasteiger partial charge in [0.05, 0.1) is 0 Å². The fraction of sp³-hybridized carbons (Fsp3) is 0.500. The van der Waals surface area contributed by atoms with Gasteiger partial charge in [0.15, 0.2) is 0 Å². The molecule has 0 spiro atoms. The van der Waals surface area contributed by atoms with Gasteiger partial charge in [-0.3, -0.25) is 0 Å². The maximum Gasteiger partial charge on any atom is 2.00 e. The van der Waals surface area contributed by atoms with Gasteiger partial charge < -0.3 is 15.4 Å². The van der Waals surface area contributed by atoms with Gasteiger partial charge in [-0.2, -0.15) is 0 Å². The summed E-state index contributed by atoms with van der Waals surface area (Å²) in [5.41, 5.74) is 0. The first-order valence-electron chi connectivity index (χ1n) is 0.908. The molecule has 6 heavy (non-hydrogen) atoms. The van der Waals surface area contributed by atoms with Crippen molar-refractivity contribution in [1.29, 1.82) is 0 Å². The largest absolute Gasteiger partial charge is 2.00 e. The molecular weight excluding hydrogens is 184 g/mol. The number of carbonyl (C=O) groups is 1. The average Bonchev–Trinajstić information content (AvgIpc) is 0.811. The molecule has 0 bridgehead atoms. The summed E-state index contributed by atoms with van der Waals surface area (Å²) in [6.45, 7) is 0.972. The van der Waals surface area contributed by atoms with Crippen molar-refractivity contribution in [3.05, 3.63) is 0 Å². The first-order valence-corrected chi connectivity index (χ1v) is 0.908. The zero-order chi connectivity index (χ0) is 3.58. The number of hydrogen-bond donors (Lipinski definition) is 0. The van der Waals surface area contributed by atoms with Crippen LogP contribution >= 0.6 is 0 Å². The van der Waals surface area contributed by atoms with Crippen molar-refractivity contribution in [3.8, 4) is 0 Å². The van der Waals surface area contributed by atoms with Crippen LogP contribution in [0.15, 0.2) is 0 Å². The normalized spacial score (nSPS) is 4.17. The molecule has 0 aliphatic heterocycles. The van der Waals surface area contributed by atoms with Crippen molar-refractivity contribution in [1.82, 2.24) is 0 Å². The molecule has 0 amide bonds. The van der Waals surface area contributed by atoms with Crippen molar-refractivity contribution >= 4 is 5.97 Å². The van der Waals surface area contributed by atoms with Crippen molar-refractivity contribution in [2.45, 2.75) is 6.92 Å². The molecule has 32 valence electrons. The molecule has 0 aromatic rings. The summed E-state index contributed by atoms with van der Waals surface area (Å²) in [5.74, 6) is -1.08. The zero-order valence-corrected chi connectivity index (χ0v) is 7.56. The van der Waals surface area contributed by atoms with Gasteiger partial charge in [-0.05, 0) is 6.92 Å². The van der Waals surface area contributed by atoms with E-state index >= 15 is 0 Å². The van der Waals surface area contributed by atoms with Gasteiger partial charge in [0, 0.05) is 5.97 Å². The van der Waals surface area contributed by atoms with Crippen LogP contribution in [0.3, 0.4) is 0 Å². The Morgan fingerprint density at radius 2 is 1.67 bits per heavy atom. The molecule has 0 unspecified atom stereocenters. The maximum absolute atomic E-state index is 8.89. The summed E-state index contributed by atoms with van der Waals surface area (Å²) >= 11 is 0. The van der Waals surface area contributed by atoms with Crippen LogP contribution in [0.25, 0.3) is 0 Å². The van der Waals surface area contributed by atoms with Crippen LogP contribution in [0.5, 0.6) is 0 Å². The standard InChI is InChI=1S/C2H4O2.Cd.H2O/c1-2(3)4;;/h1H3,(H,3,4);;1H2/q;+2;/p-1. The quantitative estimate of drug-likeness (QED) is 0.411. The number of hydrogen-bond acceptors (Lipinski definition) is 2. The SMILES string of the molecule is CC(=O)[O-].O.[Cd+2]. The molecule has 3 nitrogen and oxygen atoms in total. The predicted octanol–water partition coefficient (Wildman–Crippen LogP) is -2.07. The van der Waals surface area contributed by atoms with Gasteiger partial charge in [-0.1, -0.05) is 0 Å². The van der Waals surface area contributed by atoms with E-state index in [0.717, 1.165) is 6.92 Å². The Morgan fingerprint density at radius 3 is 1.67 bits per heavy atom. The van der Waals surface area contributed by atoms with E-state index in [-0.39, 0.29) is 32.8 Å². The molecule has 4 heteroatoms. The van der Waals surface area contributed by atoms with Crippen LogP contribution in [0.2, 0.25) is 0 Å². The Hall–Kier alpha value is 0.352. The Labute approximate surface area is 55.8 Å². The third kappa shape index (κ3) is 395. The van der Waals surface area contributed by atoms with Crippen molar-refractivity contribution in [3.63, 3.8) is 0 Å². The summed E-state index contributed by atoms with van der Waals surface area (Å²) < 4.78 is 0. The first kappa shape index (κ1) is 16.2. The summed E-state index contributed by atoms with van der Waals surface area (Å²) in [7, 11) is 0. The molecule has 0 atom stereocenters. The van der Waals surface area contributed by atoms with Crippen LogP contribution in [-0.4, -0.2) is 11.4 Å². The van der Waals surface area contributed by atoms with Crippen molar-refractivity contribution in [2.75, 3.05) is 0 Å². The number of rotatable bonds is 0. The average molecular weight is 189 g/mol. The molecule has 0 aliphatic carbocycles. The van der Waals surface area contributed by atoms with E-state index in [1.165, 1.54) is 0 Å². The van der Waals surface area contributed by atoms with Gasteiger partial charge in [0.25, 0.3) is 0 Å². The second-order valence-corrected chi connectivity index (χ2v) is 0.492. The summed E-state index contributed by atoms with van der Waals surface area (Å²) in [4.78, 5) is 8.89. The van der Waals surface area contributed by atoms with Crippen LogP contribution in [-0.2, 0) is 32.1 Å². The van der Waals surface area contributed by atoms with Crippen LogP contribution < -0.4 is 5.11 Å². The Kier molecular flexibility index (Phi) is 24.3. The predicted molar refractivity (Wildman–Crippen MR) is 14.3 cm³/mol. The molecule has 0 heterocycles. The molecule has 0 fully saturated rings. The summed E-state index contributed by atoms with van der Waals surface area (Å²) in [6, 6.07) is 0. The maximum atomic E-state index is 8.89. The Balaban J connectivity index is -0.0000000450. The van der Waals surface area contributed by atoms with E-state index in [1.807, 2.05) is 0 Å². The van der Waals surface area contributed by atoms with Gasteiger partial charge in [-0.25, -0.2) is 0 Å². The molecule has 0 aliphatic rings. The minimum atomic E-state index is -1.08. The first-order chi connectivity index (χ1) is 1.73. The second-order valence-electron chi connectivity index (χ2n) is 0.492. The third-order valence-electron chi connectivity index (χ3n) is 0. The van der Waals surface area contributed by atoms with E-state index in [1.54, 1.807) is 0 Å². The fourth-order valence-electron chi connectivity index (χ4n) is 0. The van der Waals surface area contributed by atoms with Gasteiger partial charge in [0.1, 0.15) is 0 Å². The van der Waals surface area contributed by atoms with Gasteiger partial charge >= 0.3 is 27.3 Å². The topological polar surface area (TPSA) is 71.6 Å². The third-order valence-corrected chi connectivity index (χ3v) is 0. The number of carboxylic acid groups (broad SMARTS) is 1. The molecular formula is C2H5CdO3+. The number of carboxylic acids is 1. The molecule has 0 aromatic heterocycles. The molecule has 0 saturated carbocycles. The van der Waals surface area contributed by atoms with Crippen LogP contribution in [0.1, 0.15) is 6.92 Å². The molecule has 0 aromatic carbocycles. The molecule has 2 N–H and O–H groups in total. The number of aliphatic carboxylic acids is 1. The van der Waals surface area contributed by atoms with E-state index in [4.69, 9.17) is 9.90 Å². The van der Waals surface area contributed by atoms with E-state index in [9.17, 15) is 0 Å². The molecule has 0 rings (SSSR count). The smallest absolute Gasteiger partial charge is 0.550 e. The van der Waals surface area contributed by atoms with Crippen molar-refractivity contribution < 1.29 is 42.7 Å². The van der Waals surface area contributed by atoms with Crippen molar-refractivity contribution in [2.24, 2.45) is 0 Å². The second kappa shape index (κ2) is 9.02. The summed E-state index contributed by atoms with van der Waals surface area (Å²) in [6.07, 6.45) is 0. The van der Waals surface area contributed by atoms with Gasteiger partial charge in [0.2, 0.25) is 0 Å². The van der Waals surface area contributed by atoms with Crippen LogP contribution in [0, 0.1) is 0 Å². The fourth-order valence-corrected chi connectivity index (χ4v) is 0. The Bertz CT molecular complexity index is 31.8. The minimum Gasteiger partial charge on any atom is -0.550 e. The Morgan fingerprint density at radius 1 is 1.67 bits per heavy atom. The molecule has 0 radical (unpaired) electrons. The molecule has 0 saturated heterocycles. The van der Waals surface area contributed by atoms with Gasteiger partial charge in [-0.15, -0.1) is 0 Å².